The molecule has 2 aromatic rings. The van der Waals surface area contributed by atoms with Crippen molar-refractivity contribution in [2.75, 3.05) is 6.54 Å². The summed E-state index contributed by atoms with van der Waals surface area (Å²) in [6, 6.07) is 7.58. The summed E-state index contributed by atoms with van der Waals surface area (Å²) in [7, 11) is 1.91. The Balaban J connectivity index is 2.12. The Labute approximate surface area is 125 Å². The number of benzene rings is 1. The minimum absolute atomic E-state index is 0.0679. The highest BCUT2D eigenvalue weighted by molar-refractivity contribution is 5.95. The highest BCUT2D eigenvalue weighted by Gasteiger charge is 2.13. The molecule has 0 aliphatic heterocycles. The normalized spacial score (nSPS) is 10.7. The average Bonchev–Trinajstić information content (AvgIpc) is 2.71. The first-order valence-corrected chi connectivity index (χ1v) is 7.09. The minimum atomic E-state index is -0.0679. The van der Waals surface area contributed by atoms with E-state index in [1.165, 1.54) is 0 Å². The molecule has 0 unspecified atom stereocenters. The van der Waals surface area contributed by atoms with E-state index in [4.69, 9.17) is 5.73 Å². The SMILES string of the molecule is Cc1nn(C)c(C)c1CNC(=O)c1ccccc1CCN. The number of carbonyl (C=O) groups is 1. The van der Waals surface area contributed by atoms with Gasteiger partial charge in [-0.25, -0.2) is 0 Å². The Morgan fingerprint density at radius 3 is 2.67 bits per heavy atom. The van der Waals surface area contributed by atoms with Gasteiger partial charge in [0.15, 0.2) is 0 Å². The molecular weight excluding hydrogens is 264 g/mol. The number of hydrogen-bond acceptors (Lipinski definition) is 3. The van der Waals surface area contributed by atoms with Gasteiger partial charge in [0.25, 0.3) is 5.91 Å². The van der Waals surface area contributed by atoms with Crippen molar-refractivity contribution in [3.05, 3.63) is 52.3 Å². The third-order valence-electron chi connectivity index (χ3n) is 3.76. The van der Waals surface area contributed by atoms with Crippen LogP contribution in [0.5, 0.6) is 0 Å². The molecule has 0 aliphatic rings. The molecule has 0 saturated heterocycles. The number of rotatable bonds is 5. The van der Waals surface area contributed by atoms with Crippen molar-refractivity contribution < 1.29 is 4.79 Å². The topological polar surface area (TPSA) is 72.9 Å². The molecule has 0 aliphatic carbocycles. The van der Waals surface area contributed by atoms with Crippen molar-refractivity contribution in [3.8, 4) is 0 Å². The van der Waals surface area contributed by atoms with Gasteiger partial charge in [-0.05, 0) is 38.4 Å². The minimum Gasteiger partial charge on any atom is -0.348 e. The van der Waals surface area contributed by atoms with Crippen LogP contribution in [0.2, 0.25) is 0 Å². The number of hydrogen-bond donors (Lipinski definition) is 2. The fraction of sp³-hybridized carbons (Fsp3) is 0.375. The third-order valence-corrected chi connectivity index (χ3v) is 3.76. The first kappa shape index (κ1) is 15.3. The van der Waals surface area contributed by atoms with Crippen LogP contribution in [0.25, 0.3) is 0 Å². The van der Waals surface area contributed by atoms with E-state index in [9.17, 15) is 4.79 Å². The summed E-state index contributed by atoms with van der Waals surface area (Å²) in [6.45, 7) is 4.98. The predicted octanol–water partition coefficient (Wildman–Crippen LogP) is 1.47. The van der Waals surface area contributed by atoms with Crippen molar-refractivity contribution in [2.45, 2.75) is 26.8 Å². The van der Waals surface area contributed by atoms with E-state index in [1.54, 1.807) is 0 Å². The molecule has 1 aromatic heterocycles. The smallest absolute Gasteiger partial charge is 0.251 e. The number of nitrogens with zero attached hydrogens (tertiary/aromatic N) is 2. The first-order chi connectivity index (χ1) is 10.0. The largest absolute Gasteiger partial charge is 0.348 e. The second-order valence-electron chi connectivity index (χ2n) is 5.15. The molecule has 0 spiro atoms. The van der Waals surface area contributed by atoms with Crippen LogP contribution in [0.1, 0.15) is 32.9 Å². The van der Waals surface area contributed by atoms with Crippen molar-refractivity contribution in [1.82, 2.24) is 15.1 Å². The van der Waals surface area contributed by atoms with Gasteiger partial charge in [-0.1, -0.05) is 18.2 Å². The maximum absolute atomic E-state index is 12.4. The second-order valence-corrected chi connectivity index (χ2v) is 5.15. The van der Waals surface area contributed by atoms with E-state index in [1.807, 2.05) is 49.8 Å². The van der Waals surface area contributed by atoms with E-state index in [-0.39, 0.29) is 5.91 Å². The standard InChI is InChI=1S/C16H22N4O/c1-11-15(12(2)20(3)19-11)10-18-16(21)14-7-5-4-6-13(14)8-9-17/h4-7H,8-10,17H2,1-3H3,(H,18,21). The molecule has 2 rings (SSSR count). The summed E-state index contributed by atoms with van der Waals surface area (Å²) in [4.78, 5) is 12.4. The highest BCUT2D eigenvalue weighted by Crippen LogP contribution is 2.13. The predicted molar refractivity (Wildman–Crippen MR) is 83.1 cm³/mol. The Kier molecular flexibility index (Phi) is 4.75. The van der Waals surface area contributed by atoms with Gasteiger partial charge in [0.2, 0.25) is 0 Å². The van der Waals surface area contributed by atoms with Crippen molar-refractivity contribution >= 4 is 5.91 Å². The number of amides is 1. The molecule has 0 saturated carbocycles. The van der Waals surface area contributed by atoms with E-state index >= 15 is 0 Å². The van der Waals surface area contributed by atoms with Crippen LogP contribution in [0.4, 0.5) is 0 Å². The number of aromatic nitrogens is 2. The Bertz CT molecular complexity index is 646. The van der Waals surface area contributed by atoms with Crippen LogP contribution in [0.3, 0.4) is 0 Å². The molecule has 0 fully saturated rings. The summed E-state index contributed by atoms with van der Waals surface area (Å²) >= 11 is 0. The zero-order valence-corrected chi connectivity index (χ0v) is 12.8. The molecule has 21 heavy (non-hydrogen) atoms. The fourth-order valence-electron chi connectivity index (χ4n) is 2.45. The van der Waals surface area contributed by atoms with Gasteiger partial charge in [0.1, 0.15) is 0 Å². The summed E-state index contributed by atoms with van der Waals surface area (Å²) in [5.74, 6) is -0.0679. The molecule has 1 heterocycles. The van der Waals surface area contributed by atoms with Gasteiger partial charge < -0.3 is 11.1 Å². The molecular formula is C16H22N4O. The van der Waals surface area contributed by atoms with Crippen LogP contribution < -0.4 is 11.1 Å². The number of aryl methyl sites for hydroxylation is 2. The molecule has 0 atom stereocenters. The Morgan fingerprint density at radius 1 is 1.33 bits per heavy atom. The molecule has 112 valence electrons. The number of carbonyl (C=O) groups excluding carboxylic acids is 1. The molecule has 1 aromatic carbocycles. The maximum atomic E-state index is 12.4. The zero-order chi connectivity index (χ0) is 15.4. The van der Waals surface area contributed by atoms with Gasteiger partial charge in [0, 0.05) is 30.4 Å². The molecule has 1 amide bonds. The number of nitrogens with one attached hydrogen (secondary N) is 1. The molecule has 0 bridgehead atoms. The Morgan fingerprint density at radius 2 is 2.05 bits per heavy atom. The van der Waals surface area contributed by atoms with Crippen LogP contribution >= 0.6 is 0 Å². The van der Waals surface area contributed by atoms with Crippen molar-refractivity contribution in [2.24, 2.45) is 12.8 Å². The summed E-state index contributed by atoms with van der Waals surface area (Å²) in [5.41, 5.74) is 10.4. The van der Waals surface area contributed by atoms with Gasteiger partial charge in [-0.3, -0.25) is 9.48 Å². The van der Waals surface area contributed by atoms with Gasteiger partial charge in [-0.15, -0.1) is 0 Å². The zero-order valence-electron chi connectivity index (χ0n) is 12.8. The first-order valence-electron chi connectivity index (χ1n) is 7.09. The molecule has 3 N–H and O–H groups in total. The number of nitrogens with two attached hydrogens (primary N) is 1. The van der Waals surface area contributed by atoms with Gasteiger partial charge in [0.05, 0.1) is 5.69 Å². The quantitative estimate of drug-likeness (QED) is 0.874. The van der Waals surface area contributed by atoms with E-state index in [0.29, 0.717) is 25.1 Å². The highest BCUT2D eigenvalue weighted by atomic mass is 16.1. The monoisotopic (exact) mass is 286 g/mol. The van der Waals surface area contributed by atoms with Gasteiger partial charge >= 0.3 is 0 Å². The van der Waals surface area contributed by atoms with Crippen molar-refractivity contribution in [1.29, 1.82) is 0 Å². The van der Waals surface area contributed by atoms with E-state index in [2.05, 4.69) is 10.4 Å². The fourth-order valence-corrected chi connectivity index (χ4v) is 2.45. The van der Waals surface area contributed by atoms with Crippen LogP contribution in [-0.4, -0.2) is 22.2 Å². The van der Waals surface area contributed by atoms with Crippen LogP contribution in [0.15, 0.2) is 24.3 Å². The molecule has 0 radical (unpaired) electrons. The van der Waals surface area contributed by atoms with Gasteiger partial charge in [-0.2, -0.15) is 5.10 Å². The summed E-state index contributed by atoms with van der Waals surface area (Å²) < 4.78 is 1.83. The maximum Gasteiger partial charge on any atom is 0.251 e. The van der Waals surface area contributed by atoms with E-state index < -0.39 is 0 Å². The second kappa shape index (κ2) is 6.54. The Hall–Kier alpha value is -2.14. The van der Waals surface area contributed by atoms with Crippen LogP contribution in [-0.2, 0) is 20.0 Å². The molecule has 5 heteroatoms. The summed E-state index contributed by atoms with van der Waals surface area (Å²) in [5, 5.41) is 7.33. The van der Waals surface area contributed by atoms with E-state index in [0.717, 1.165) is 22.5 Å². The molecule has 5 nitrogen and oxygen atoms in total. The third kappa shape index (κ3) is 3.31. The lowest BCUT2D eigenvalue weighted by molar-refractivity contribution is 0.0950. The lowest BCUT2D eigenvalue weighted by atomic mass is 10.0. The average molecular weight is 286 g/mol. The van der Waals surface area contributed by atoms with Crippen molar-refractivity contribution in [3.63, 3.8) is 0 Å². The lowest BCUT2D eigenvalue weighted by Crippen LogP contribution is -2.25. The summed E-state index contributed by atoms with van der Waals surface area (Å²) in [6.07, 6.45) is 0.703. The van der Waals surface area contributed by atoms with Crippen LogP contribution in [0, 0.1) is 13.8 Å². The lowest BCUT2D eigenvalue weighted by Gasteiger charge is -2.10.